The van der Waals surface area contributed by atoms with Crippen molar-refractivity contribution in [3.05, 3.63) is 29.3 Å². The first-order valence-electron chi connectivity index (χ1n) is 6.08. The van der Waals surface area contributed by atoms with Gasteiger partial charge in [0.1, 0.15) is 5.75 Å². The monoisotopic (exact) mass is 219 g/mol. The molecule has 2 N–H and O–H groups in total. The van der Waals surface area contributed by atoms with Crippen LogP contribution in [0.15, 0.2) is 18.2 Å². The van der Waals surface area contributed by atoms with Crippen molar-refractivity contribution >= 4 is 0 Å². The zero-order valence-corrected chi connectivity index (χ0v) is 10.2. The number of aryl methyl sites for hydroxylation is 1. The lowest BCUT2D eigenvalue weighted by Crippen LogP contribution is -2.23. The third kappa shape index (κ3) is 2.99. The lowest BCUT2D eigenvalue weighted by atomic mass is 9.99. The molecule has 0 saturated heterocycles. The van der Waals surface area contributed by atoms with Crippen LogP contribution in [0.25, 0.3) is 0 Å². The highest BCUT2D eigenvalue weighted by Crippen LogP contribution is 2.34. The van der Waals surface area contributed by atoms with Gasteiger partial charge in [0.05, 0.1) is 7.11 Å². The molecule has 0 radical (unpaired) electrons. The second-order valence-electron chi connectivity index (χ2n) is 4.96. The summed E-state index contributed by atoms with van der Waals surface area (Å²) in [5, 5.41) is 0. The SMILES string of the molecule is COc1ccc(C)cc1CC(N)CC1CC1. The molecule has 1 aromatic rings. The predicted octanol–water partition coefficient (Wildman–Crippen LogP) is 2.67. The van der Waals surface area contributed by atoms with Crippen molar-refractivity contribution in [2.45, 2.75) is 38.6 Å². The summed E-state index contributed by atoms with van der Waals surface area (Å²) in [5.41, 5.74) is 8.68. The summed E-state index contributed by atoms with van der Waals surface area (Å²) in [6, 6.07) is 6.58. The van der Waals surface area contributed by atoms with Crippen LogP contribution in [0.2, 0.25) is 0 Å². The van der Waals surface area contributed by atoms with Crippen molar-refractivity contribution in [1.29, 1.82) is 0 Å². The number of hydrogen-bond donors (Lipinski definition) is 1. The smallest absolute Gasteiger partial charge is 0.122 e. The van der Waals surface area contributed by atoms with Crippen LogP contribution >= 0.6 is 0 Å². The molecular formula is C14H21NO. The van der Waals surface area contributed by atoms with Gasteiger partial charge < -0.3 is 10.5 Å². The molecule has 2 nitrogen and oxygen atoms in total. The summed E-state index contributed by atoms with van der Waals surface area (Å²) in [6.45, 7) is 2.11. The van der Waals surface area contributed by atoms with Crippen LogP contribution < -0.4 is 10.5 Å². The van der Waals surface area contributed by atoms with E-state index in [1.54, 1.807) is 7.11 Å². The van der Waals surface area contributed by atoms with E-state index in [1.165, 1.54) is 24.0 Å². The second-order valence-corrected chi connectivity index (χ2v) is 4.96. The van der Waals surface area contributed by atoms with Gasteiger partial charge in [0.2, 0.25) is 0 Å². The first-order valence-corrected chi connectivity index (χ1v) is 6.08. The van der Waals surface area contributed by atoms with Crippen LogP contribution in [0.4, 0.5) is 0 Å². The molecule has 0 bridgehead atoms. The molecule has 2 rings (SSSR count). The Bertz CT molecular complexity index is 358. The highest BCUT2D eigenvalue weighted by molar-refractivity contribution is 5.37. The molecule has 1 aromatic carbocycles. The van der Waals surface area contributed by atoms with Gasteiger partial charge in [-0.05, 0) is 37.3 Å². The van der Waals surface area contributed by atoms with Crippen molar-refractivity contribution < 1.29 is 4.74 Å². The minimum absolute atomic E-state index is 0.281. The number of ether oxygens (including phenoxy) is 1. The maximum atomic E-state index is 6.16. The lowest BCUT2D eigenvalue weighted by molar-refractivity contribution is 0.406. The minimum atomic E-state index is 0.281. The van der Waals surface area contributed by atoms with E-state index in [1.807, 2.05) is 6.07 Å². The van der Waals surface area contributed by atoms with E-state index in [9.17, 15) is 0 Å². The maximum absolute atomic E-state index is 6.16. The van der Waals surface area contributed by atoms with Crippen molar-refractivity contribution in [2.75, 3.05) is 7.11 Å². The molecule has 0 heterocycles. The summed E-state index contributed by atoms with van der Waals surface area (Å²) < 4.78 is 5.37. The van der Waals surface area contributed by atoms with Gasteiger partial charge in [-0.2, -0.15) is 0 Å². The first kappa shape index (κ1) is 11.5. The molecule has 2 heteroatoms. The number of benzene rings is 1. The van der Waals surface area contributed by atoms with Crippen molar-refractivity contribution in [3.8, 4) is 5.75 Å². The Morgan fingerprint density at radius 3 is 2.81 bits per heavy atom. The molecule has 0 spiro atoms. The quantitative estimate of drug-likeness (QED) is 0.826. The van der Waals surface area contributed by atoms with E-state index < -0.39 is 0 Å². The van der Waals surface area contributed by atoms with E-state index in [0.717, 1.165) is 24.5 Å². The van der Waals surface area contributed by atoms with Crippen LogP contribution in [-0.4, -0.2) is 13.2 Å². The Morgan fingerprint density at radius 1 is 1.44 bits per heavy atom. The van der Waals surface area contributed by atoms with E-state index in [4.69, 9.17) is 10.5 Å². The van der Waals surface area contributed by atoms with Gasteiger partial charge in [-0.25, -0.2) is 0 Å². The number of rotatable bonds is 5. The second kappa shape index (κ2) is 4.88. The van der Waals surface area contributed by atoms with Gasteiger partial charge in [-0.1, -0.05) is 30.5 Å². The van der Waals surface area contributed by atoms with Gasteiger partial charge in [0.25, 0.3) is 0 Å². The fourth-order valence-electron chi connectivity index (χ4n) is 2.21. The normalized spacial score (nSPS) is 17.2. The lowest BCUT2D eigenvalue weighted by Gasteiger charge is -2.14. The van der Waals surface area contributed by atoms with E-state index in [-0.39, 0.29) is 6.04 Å². The molecular weight excluding hydrogens is 198 g/mol. The summed E-state index contributed by atoms with van der Waals surface area (Å²) in [6.07, 6.45) is 4.84. The Kier molecular flexibility index (Phi) is 3.49. The molecule has 1 unspecified atom stereocenters. The molecule has 1 atom stereocenters. The number of hydrogen-bond acceptors (Lipinski definition) is 2. The average molecular weight is 219 g/mol. The molecule has 1 aliphatic carbocycles. The molecule has 1 aliphatic rings. The third-order valence-corrected chi connectivity index (χ3v) is 3.25. The Morgan fingerprint density at radius 2 is 2.19 bits per heavy atom. The maximum Gasteiger partial charge on any atom is 0.122 e. The molecule has 88 valence electrons. The van der Waals surface area contributed by atoms with Gasteiger partial charge in [-0.3, -0.25) is 0 Å². The number of nitrogens with two attached hydrogens (primary N) is 1. The molecule has 16 heavy (non-hydrogen) atoms. The van der Waals surface area contributed by atoms with Gasteiger partial charge in [-0.15, -0.1) is 0 Å². The van der Waals surface area contributed by atoms with E-state index >= 15 is 0 Å². The Hall–Kier alpha value is -1.02. The van der Waals surface area contributed by atoms with Gasteiger partial charge >= 0.3 is 0 Å². The minimum Gasteiger partial charge on any atom is -0.496 e. The number of methoxy groups -OCH3 is 1. The van der Waals surface area contributed by atoms with Crippen molar-refractivity contribution in [1.82, 2.24) is 0 Å². The standard InChI is InChI=1S/C14H21NO/c1-10-3-6-14(16-2)12(7-10)9-13(15)8-11-4-5-11/h3,6-7,11,13H,4-5,8-9,15H2,1-2H3. The van der Waals surface area contributed by atoms with Crippen LogP contribution in [0.1, 0.15) is 30.4 Å². The van der Waals surface area contributed by atoms with Crippen LogP contribution in [0, 0.1) is 12.8 Å². The summed E-state index contributed by atoms with van der Waals surface area (Å²) in [7, 11) is 1.72. The molecule has 0 aromatic heterocycles. The topological polar surface area (TPSA) is 35.2 Å². The summed E-state index contributed by atoms with van der Waals surface area (Å²) in [4.78, 5) is 0. The third-order valence-electron chi connectivity index (χ3n) is 3.25. The zero-order valence-electron chi connectivity index (χ0n) is 10.2. The first-order chi connectivity index (χ1) is 7.69. The van der Waals surface area contributed by atoms with Gasteiger partial charge in [0.15, 0.2) is 0 Å². The van der Waals surface area contributed by atoms with Crippen molar-refractivity contribution in [2.24, 2.45) is 11.7 Å². The van der Waals surface area contributed by atoms with E-state index in [2.05, 4.69) is 19.1 Å². The zero-order chi connectivity index (χ0) is 11.5. The fraction of sp³-hybridized carbons (Fsp3) is 0.571. The molecule has 1 saturated carbocycles. The van der Waals surface area contributed by atoms with Gasteiger partial charge in [0, 0.05) is 6.04 Å². The summed E-state index contributed by atoms with van der Waals surface area (Å²) >= 11 is 0. The average Bonchev–Trinajstić information content (AvgIpc) is 3.02. The van der Waals surface area contributed by atoms with Crippen molar-refractivity contribution in [3.63, 3.8) is 0 Å². The van der Waals surface area contributed by atoms with E-state index in [0.29, 0.717) is 0 Å². The fourth-order valence-corrected chi connectivity index (χ4v) is 2.21. The Labute approximate surface area is 97.8 Å². The predicted molar refractivity (Wildman–Crippen MR) is 66.8 cm³/mol. The van der Waals surface area contributed by atoms with Crippen LogP contribution in [0.3, 0.4) is 0 Å². The highest BCUT2D eigenvalue weighted by atomic mass is 16.5. The molecule has 0 amide bonds. The summed E-state index contributed by atoms with van der Waals surface area (Å²) in [5.74, 6) is 1.86. The van der Waals surface area contributed by atoms with Crippen LogP contribution in [0.5, 0.6) is 5.75 Å². The van der Waals surface area contributed by atoms with Crippen LogP contribution in [-0.2, 0) is 6.42 Å². The highest BCUT2D eigenvalue weighted by Gasteiger charge is 2.24. The Balaban J connectivity index is 2.02. The largest absolute Gasteiger partial charge is 0.496 e. The molecule has 0 aliphatic heterocycles. The molecule has 1 fully saturated rings.